The molecule has 0 fully saturated rings. The molecule has 7 nitrogen and oxygen atoms in total. The monoisotopic (exact) mass is 354 g/mol. The Kier molecular flexibility index (Phi) is 4.81. The molecule has 0 spiro atoms. The Hall–Kier alpha value is -3.06. The van der Waals surface area contributed by atoms with Gasteiger partial charge < -0.3 is 21.1 Å². The first-order chi connectivity index (χ1) is 12.3. The number of nitrogens with one attached hydrogen (secondary N) is 3. The van der Waals surface area contributed by atoms with Gasteiger partial charge in [-0.1, -0.05) is 0 Å². The number of urea groups is 1. The van der Waals surface area contributed by atoms with Gasteiger partial charge in [-0.3, -0.25) is 9.69 Å². The smallest absolute Gasteiger partial charge is 0.326 e. The van der Waals surface area contributed by atoms with Crippen LogP contribution in [0.5, 0.6) is 0 Å². The highest BCUT2D eigenvalue weighted by atomic mass is 16.3. The fourth-order valence-electron chi connectivity index (χ4n) is 2.57. The van der Waals surface area contributed by atoms with E-state index >= 15 is 0 Å². The summed E-state index contributed by atoms with van der Waals surface area (Å²) in [6, 6.07) is 6.38. The van der Waals surface area contributed by atoms with Crippen molar-refractivity contribution in [3.05, 3.63) is 65.7 Å². The number of hydrogen-bond acceptors (Lipinski definition) is 4. The first-order valence-corrected chi connectivity index (χ1v) is 8.34. The van der Waals surface area contributed by atoms with Crippen LogP contribution in [0.4, 0.5) is 10.5 Å². The van der Waals surface area contributed by atoms with E-state index in [0.29, 0.717) is 17.8 Å². The van der Waals surface area contributed by atoms with Crippen molar-refractivity contribution in [3.8, 4) is 0 Å². The van der Waals surface area contributed by atoms with Crippen molar-refractivity contribution < 1.29 is 14.7 Å². The number of carbonyl (C=O) groups excluding carboxylic acids is 2. The van der Waals surface area contributed by atoms with Gasteiger partial charge in [0.05, 0.1) is 12.1 Å². The van der Waals surface area contributed by atoms with Crippen molar-refractivity contribution in [2.75, 3.05) is 18.4 Å². The number of fused-ring (bicyclic) bond motifs is 1. The predicted octanol–water partition coefficient (Wildman–Crippen LogP) is 1.92. The molecule has 2 aliphatic heterocycles. The second-order valence-electron chi connectivity index (χ2n) is 6.88. The maximum absolute atomic E-state index is 12.4. The van der Waals surface area contributed by atoms with E-state index in [4.69, 9.17) is 0 Å². The fourth-order valence-corrected chi connectivity index (χ4v) is 2.57. The van der Waals surface area contributed by atoms with Gasteiger partial charge in [-0.15, -0.1) is 0 Å². The lowest BCUT2D eigenvalue weighted by molar-refractivity contribution is 0.0694. The fraction of sp³-hybridized carbons (Fsp3) is 0.263. The van der Waals surface area contributed by atoms with Crippen LogP contribution in [-0.4, -0.2) is 40.6 Å². The number of carbonyl (C=O) groups is 2. The van der Waals surface area contributed by atoms with Crippen LogP contribution in [0.15, 0.2) is 60.1 Å². The van der Waals surface area contributed by atoms with E-state index in [1.54, 1.807) is 49.2 Å². The van der Waals surface area contributed by atoms with Gasteiger partial charge in [-0.05, 0) is 55.3 Å². The first-order valence-electron chi connectivity index (χ1n) is 8.34. The Labute approximate surface area is 152 Å². The van der Waals surface area contributed by atoms with Crippen LogP contribution >= 0.6 is 0 Å². The summed E-state index contributed by atoms with van der Waals surface area (Å²) < 4.78 is 0. The minimum Gasteiger partial charge on any atom is -0.389 e. The molecule has 0 bridgehead atoms. The van der Waals surface area contributed by atoms with Gasteiger partial charge in [0.2, 0.25) is 0 Å². The molecule has 4 N–H and O–H groups in total. The third-order valence-electron chi connectivity index (χ3n) is 3.96. The first kappa shape index (κ1) is 17.8. The molecule has 136 valence electrons. The van der Waals surface area contributed by atoms with Crippen LogP contribution in [0.3, 0.4) is 0 Å². The number of aliphatic hydroxyl groups is 1. The van der Waals surface area contributed by atoms with E-state index < -0.39 is 5.60 Å². The molecule has 0 saturated carbocycles. The van der Waals surface area contributed by atoms with Crippen LogP contribution in [0.2, 0.25) is 0 Å². The number of nitrogens with zero attached hydrogens (tertiary/aromatic N) is 1. The zero-order valence-corrected chi connectivity index (χ0v) is 14.7. The van der Waals surface area contributed by atoms with Crippen LogP contribution in [0.1, 0.15) is 24.2 Å². The number of amides is 3. The molecular weight excluding hydrogens is 332 g/mol. The zero-order chi connectivity index (χ0) is 18.7. The number of rotatable bonds is 4. The normalized spacial score (nSPS) is 15.6. The van der Waals surface area contributed by atoms with Crippen molar-refractivity contribution in [1.82, 2.24) is 15.5 Å². The summed E-state index contributed by atoms with van der Waals surface area (Å²) in [5.41, 5.74) is 2.16. The number of benzene rings is 1. The van der Waals surface area contributed by atoms with Gasteiger partial charge >= 0.3 is 6.03 Å². The molecule has 1 aromatic carbocycles. The molecule has 1 aromatic rings. The molecule has 0 unspecified atom stereocenters. The SMILES string of the molecule is CC(C)(O)CNC(=O)c1ccc(NC(=O)N2C=C3C=CNC=C3C2)cc1. The molecule has 7 heteroatoms. The van der Waals surface area contributed by atoms with Crippen molar-refractivity contribution in [2.45, 2.75) is 19.4 Å². The molecule has 2 heterocycles. The second-order valence-corrected chi connectivity index (χ2v) is 6.88. The lowest BCUT2D eigenvalue weighted by Gasteiger charge is -2.18. The van der Waals surface area contributed by atoms with Crippen LogP contribution < -0.4 is 16.0 Å². The van der Waals surface area contributed by atoms with Crippen molar-refractivity contribution in [1.29, 1.82) is 0 Å². The highest BCUT2D eigenvalue weighted by Crippen LogP contribution is 2.24. The van der Waals surface area contributed by atoms with Crippen molar-refractivity contribution in [3.63, 3.8) is 0 Å². The van der Waals surface area contributed by atoms with E-state index in [9.17, 15) is 14.7 Å². The molecule has 26 heavy (non-hydrogen) atoms. The number of hydrogen-bond donors (Lipinski definition) is 4. The Morgan fingerprint density at radius 2 is 2.00 bits per heavy atom. The summed E-state index contributed by atoms with van der Waals surface area (Å²) in [6.45, 7) is 3.91. The minimum atomic E-state index is -0.967. The highest BCUT2D eigenvalue weighted by molar-refractivity contribution is 5.95. The lowest BCUT2D eigenvalue weighted by atomic mass is 10.1. The molecule has 0 atom stereocenters. The van der Waals surface area contributed by atoms with Crippen LogP contribution in [0, 0.1) is 0 Å². The molecule has 3 amide bonds. The minimum absolute atomic E-state index is 0.160. The van der Waals surface area contributed by atoms with Gasteiger partial charge in [0.15, 0.2) is 0 Å². The topological polar surface area (TPSA) is 93.7 Å². The summed E-state index contributed by atoms with van der Waals surface area (Å²) >= 11 is 0. The lowest BCUT2D eigenvalue weighted by Crippen LogP contribution is -2.38. The molecule has 0 radical (unpaired) electrons. The van der Waals surface area contributed by atoms with Crippen molar-refractivity contribution >= 4 is 17.6 Å². The van der Waals surface area contributed by atoms with Gasteiger partial charge in [0.25, 0.3) is 5.91 Å². The third-order valence-corrected chi connectivity index (χ3v) is 3.96. The summed E-state index contributed by atoms with van der Waals surface area (Å²) in [7, 11) is 0. The number of dihydropyridines is 1. The Morgan fingerprint density at radius 1 is 1.27 bits per heavy atom. The van der Waals surface area contributed by atoms with E-state index in [0.717, 1.165) is 11.1 Å². The van der Waals surface area contributed by atoms with E-state index in [1.807, 2.05) is 18.5 Å². The van der Waals surface area contributed by atoms with Gasteiger partial charge in [-0.2, -0.15) is 0 Å². The quantitative estimate of drug-likeness (QED) is 0.665. The standard InChI is InChI=1S/C19H22N4O3/c1-19(2,26)12-21-17(24)13-3-5-16(6-4-13)22-18(25)23-10-14-7-8-20-9-15(14)11-23/h3-10,20,26H,11-12H2,1-2H3,(H,21,24)(H,22,25). The molecule has 0 aromatic heterocycles. The van der Waals surface area contributed by atoms with E-state index in [1.165, 1.54) is 0 Å². The van der Waals surface area contributed by atoms with E-state index in [2.05, 4.69) is 16.0 Å². The average molecular weight is 354 g/mol. The zero-order valence-electron chi connectivity index (χ0n) is 14.7. The van der Waals surface area contributed by atoms with Crippen molar-refractivity contribution in [2.24, 2.45) is 0 Å². The summed E-state index contributed by atoms with van der Waals surface area (Å²) in [5, 5.41) is 18.1. The van der Waals surface area contributed by atoms with E-state index in [-0.39, 0.29) is 18.5 Å². The Morgan fingerprint density at radius 3 is 2.65 bits per heavy atom. The molecule has 2 aliphatic rings. The Balaban J connectivity index is 1.58. The maximum Gasteiger partial charge on any atom is 0.326 e. The van der Waals surface area contributed by atoms with Crippen LogP contribution in [-0.2, 0) is 0 Å². The highest BCUT2D eigenvalue weighted by Gasteiger charge is 2.23. The number of allylic oxidation sites excluding steroid dienone is 1. The van der Waals surface area contributed by atoms with Gasteiger partial charge in [-0.25, -0.2) is 4.79 Å². The average Bonchev–Trinajstić information content (AvgIpc) is 3.04. The molecular formula is C19H22N4O3. The summed E-state index contributed by atoms with van der Waals surface area (Å²) in [5.74, 6) is -0.274. The second kappa shape index (κ2) is 7.05. The Bertz CT molecular complexity index is 801. The van der Waals surface area contributed by atoms with Gasteiger partial charge in [0, 0.05) is 36.4 Å². The molecule has 3 rings (SSSR count). The predicted molar refractivity (Wildman–Crippen MR) is 99.2 cm³/mol. The third kappa shape index (κ3) is 4.31. The summed E-state index contributed by atoms with van der Waals surface area (Å²) in [6.07, 6.45) is 7.42. The van der Waals surface area contributed by atoms with Crippen LogP contribution in [0.25, 0.3) is 0 Å². The largest absolute Gasteiger partial charge is 0.389 e. The summed E-state index contributed by atoms with van der Waals surface area (Å²) in [4.78, 5) is 26.0. The maximum atomic E-state index is 12.4. The molecule has 0 saturated heterocycles. The number of anilines is 1. The molecule has 0 aliphatic carbocycles. The van der Waals surface area contributed by atoms with Gasteiger partial charge in [0.1, 0.15) is 0 Å².